The summed E-state index contributed by atoms with van der Waals surface area (Å²) in [7, 11) is 1.84. The van der Waals surface area contributed by atoms with Crippen LogP contribution in [0.3, 0.4) is 0 Å². The lowest BCUT2D eigenvalue weighted by Gasteiger charge is -2.29. The molecular formula is C19H28N2O3. The van der Waals surface area contributed by atoms with Crippen molar-refractivity contribution in [2.24, 2.45) is 0 Å². The minimum Gasteiger partial charge on any atom is -0.377 e. The second-order valence-corrected chi connectivity index (χ2v) is 6.75. The van der Waals surface area contributed by atoms with E-state index in [0.717, 1.165) is 57.7 Å². The Labute approximate surface area is 144 Å². The Balaban J connectivity index is 1.59. The van der Waals surface area contributed by atoms with Crippen LogP contribution >= 0.6 is 0 Å². The second kappa shape index (κ2) is 8.60. The third-order valence-electron chi connectivity index (χ3n) is 4.85. The molecule has 2 unspecified atom stereocenters. The predicted molar refractivity (Wildman–Crippen MR) is 94.2 cm³/mol. The van der Waals surface area contributed by atoms with Gasteiger partial charge in [0.15, 0.2) is 0 Å². The van der Waals surface area contributed by atoms with E-state index in [1.807, 2.05) is 37.4 Å². The van der Waals surface area contributed by atoms with Gasteiger partial charge in [-0.2, -0.15) is 0 Å². The van der Waals surface area contributed by atoms with Crippen LogP contribution in [-0.4, -0.2) is 62.9 Å². The van der Waals surface area contributed by atoms with Gasteiger partial charge in [0.05, 0.1) is 18.8 Å². The fourth-order valence-corrected chi connectivity index (χ4v) is 3.45. The molecule has 132 valence electrons. The van der Waals surface area contributed by atoms with Crippen molar-refractivity contribution in [2.75, 3.05) is 44.8 Å². The summed E-state index contributed by atoms with van der Waals surface area (Å²) < 4.78 is 11.5. The van der Waals surface area contributed by atoms with E-state index >= 15 is 0 Å². The van der Waals surface area contributed by atoms with E-state index in [1.165, 1.54) is 0 Å². The van der Waals surface area contributed by atoms with Crippen molar-refractivity contribution in [2.45, 2.75) is 37.9 Å². The fraction of sp³-hybridized carbons (Fsp3) is 0.632. The number of rotatable bonds is 7. The van der Waals surface area contributed by atoms with Crippen LogP contribution in [0.15, 0.2) is 30.3 Å². The highest BCUT2D eigenvalue weighted by molar-refractivity contribution is 5.94. The summed E-state index contributed by atoms with van der Waals surface area (Å²) in [5.74, 6) is 0.109. The van der Waals surface area contributed by atoms with Crippen molar-refractivity contribution in [3.63, 3.8) is 0 Å². The molecule has 2 heterocycles. The zero-order valence-electron chi connectivity index (χ0n) is 14.5. The molecule has 2 aliphatic heterocycles. The molecule has 1 aromatic rings. The summed E-state index contributed by atoms with van der Waals surface area (Å²) in [6, 6.07) is 9.79. The van der Waals surface area contributed by atoms with Crippen molar-refractivity contribution < 1.29 is 14.3 Å². The Morgan fingerprint density at radius 2 is 1.62 bits per heavy atom. The molecule has 2 saturated heterocycles. The number of ether oxygens (including phenoxy) is 2. The summed E-state index contributed by atoms with van der Waals surface area (Å²) in [5.41, 5.74) is 0.927. The number of amides is 1. The van der Waals surface area contributed by atoms with Crippen molar-refractivity contribution in [1.29, 1.82) is 0 Å². The molecule has 2 aliphatic rings. The number of para-hydroxylation sites is 1. The van der Waals surface area contributed by atoms with Gasteiger partial charge in [-0.05, 0) is 37.8 Å². The van der Waals surface area contributed by atoms with Gasteiger partial charge < -0.3 is 14.4 Å². The number of likely N-dealkylation sites (N-methyl/N-ethyl adjacent to an activating group) is 1. The smallest absolute Gasteiger partial charge is 0.240 e. The Morgan fingerprint density at radius 1 is 1.04 bits per heavy atom. The number of carbonyl (C=O) groups excluding carboxylic acids is 1. The molecule has 0 spiro atoms. The first kappa shape index (κ1) is 17.4. The molecule has 0 bridgehead atoms. The van der Waals surface area contributed by atoms with Crippen molar-refractivity contribution in [3.05, 3.63) is 30.3 Å². The monoisotopic (exact) mass is 332 g/mol. The molecule has 0 aliphatic carbocycles. The lowest BCUT2D eigenvalue weighted by molar-refractivity contribution is -0.120. The minimum absolute atomic E-state index is 0.109. The van der Waals surface area contributed by atoms with Gasteiger partial charge >= 0.3 is 0 Å². The standard InChI is InChI=1S/C19H28N2O3/c1-20(16-7-3-2-4-8-16)19(22)15-21(13-17-9-5-11-23-17)14-18-10-6-12-24-18/h2-4,7-8,17-18H,5-6,9-15H2,1H3. The van der Waals surface area contributed by atoms with Gasteiger partial charge in [0.1, 0.15) is 0 Å². The maximum atomic E-state index is 12.7. The van der Waals surface area contributed by atoms with Crippen LogP contribution in [0.2, 0.25) is 0 Å². The average Bonchev–Trinajstić information content (AvgIpc) is 3.29. The summed E-state index contributed by atoms with van der Waals surface area (Å²) in [4.78, 5) is 16.7. The molecule has 0 aromatic heterocycles. The summed E-state index contributed by atoms with van der Waals surface area (Å²) in [6.45, 7) is 3.72. The van der Waals surface area contributed by atoms with Crippen LogP contribution in [-0.2, 0) is 14.3 Å². The molecule has 0 saturated carbocycles. The van der Waals surface area contributed by atoms with Gasteiger partial charge in [-0.25, -0.2) is 0 Å². The number of carbonyl (C=O) groups is 1. The third kappa shape index (κ3) is 4.79. The highest BCUT2D eigenvalue weighted by Crippen LogP contribution is 2.18. The van der Waals surface area contributed by atoms with Gasteiger partial charge in [0.2, 0.25) is 5.91 Å². The maximum absolute atomic E-state index is 12.7. The average molecular weight is 332 g/mol. The third-order valence-corrected chi connectivity index (χ3v) is 4.85. The molecule has 2 atom stereocenters. The maximum Gasteiger partial charge on any atom is 0.240 e. The zero-order chi connectivity index (χ0) is 16.8. The van der Waals surface area contributed by atoms with E-state index in [9.17, 15) is 4.79 Å². The van der Waals surface area contributed by atoms with Crippen molar-refractivity contribution in [3.8, 4) is 0 Å². The van der Waals surface area contributed by atoms with E-state index in [4.69, 9.17) is 9.47 Å². The minimum atomic E-state index is 0.109. The van der Waals surface area contributed by atoms with E-state index in [0.29, 0.717) is 6.54 Å². The fourth-order valence-electron chi connectivity index (χ4n) is 3.45. The zero-order valence-corrected chi connectivity index (χ0v) is 14.5. The second-order valence-electron chi connectivity index (χ2n) is 6.75. The van der Waals surface area contributed by atoms with Gasteiger partial charge in [0, 0.05) is 39.0 Å². The number of hydrogen-bond acceptors (Lipinski definition) is 4. The molecule has 5 heteroatoms. The summed E-state index contributed by atoms with van der Waals surface area (Å²) >= 11 is 0. The van der Waals surface area contributed by atoms with E-state index in [1.54, 1.807) is 4.90 Å². The molecule has 0 radical (unpaired) electrons. The van der Waals surface area contributed by atoms with Crippen molar-refractivity contribution >= 4 is 11.6 Å². The molecular weight excluding hydrogens is 304 g/mol. The molecule has 2 fully saturated rings. The molecule has 1 aromatic carbocycles. The molecule has 1 amide bonds. The molecule has 0 N–H and O–H groups in total. The number of benzene rings is 1. The van der Waals surface area contributed by atoms with E-state index < -0.39 is 0 Å². The van der Waals surface area contributed by atoms with Crippen LogP contribution in [0.5, 0.6) is 0 Å². The normalized spacial score (nSPS) is 23.8. The molecule has 24 heavy (non-hydrogen) atoms. The van der Waals surface area contributed by atoms with E-state index in [-0.39, 0.29) is 18.1 Å². The Morgan fingerprint density at radius 3 is 2.12 bits per heavy atom. The summed E-state index contributed by atoms with van der Waals surface area (Å²) in [6.07, 6.45) is 4.92. The van der Waals surface area contributed by atoms with Crippen LogP contribution < -0.4 is 4.90 Å². The Kier molecular flexibility index (Phi) is 6.24. The molecule has 5 nitrogen and oxygen atoms in total. The van der Waals surface area contributed by atoms with Crippen LogP contribution in [0.4, 0.5) is 5.69 Å². The highest BCUT2D eigenvalue weighted by atomic mass is 16.5. The number of anilines is 1. The van der Waals surface area contributed by atoms with Crippen molar-refractivity contribution in [1.82, 2.24) is 4.90 Å². The van der Waals surface area contributed by atoms with Crippen LogP contribution in [0.1, 0.15) is 25.7 Å². The summed E-state index contributed by atoms with van der Waals surface area (Å²) in [5, 5.41) is 0. The number of hydrogen-bond donors (Lipinski definition) is 0. The molecule has 3 rings (SSSR count). The van der Waals surface area contributed by atoms with Gasteiger partial charge in [0.25, 0.3) is 0 Å². The number of nitrogens with zero attached hydrogens (tertiary/aromatic N) is 2. The van der Waals surface area contributed by atoms with Gasteiger partial charge in [-0.15, -0.1) is 0 Å². The topological polar surface area (TPSA) is 42.0 Å². The van der Waals surface area contributed by atoms with Gasteiger partial charge in [-0.3, -0.25) is 9.69 Å². The SMILES string of the molecule is CN(C(=O)CN(CC1CCCO1)CC1CCCO1)c1ccccc1. The van der Waals surface area contributed by atoms with Crippen LogP contribution in [0, 0.1) is 0 Å². The Bertz CT molecular complexity index is 493. The van der Waals surface area contributed by atoms with Crippen LogP contribution in [0.25, 0.3) is 0 Å². The first-order chi connectivity index (χ1) is 11.7. The quantitative estimate of drug-likeness (QED) is 0.768. The first-order valence-electron chi connectivity index (χ1n) is 8.99. The van der Waals surface area contributed by atoms with Gasteiger partial charge in [-0.1, -0.05) is 18.2 Å². The lowest BCUT2D eigenvalue weighted by Crippen LogP contribution is -2.44. The Hall–Kier alpha value is -1.43. The lowest BCUT2D eigenvalue weighted by atomic mass is 10.2. The largest absolute Gasteiger partial charge is 0.377 e. The highest BCUT2D eigenvalue weighted by Gasteiger charge is 2.26. The first-order valence-corrected chi connectivity index (χ1v) is 8.99. The van der Waals surface area contributed by atoms with E-state index in [2.05, 4.69) is 4.90 Å². The predicted octanol–water partition coefficient (Wildman–Crippen LogP) is 2.31.